The van der Waals surface area contributed by atoms with Crippen molar-refractivity contribution in [2.45, 2.75) is 25.0 Å². The third-order valence-electron chi connectivity index (χ3n) is 5.82. The summed E-state index contributed by atoms with van der Waals surface area (Å²) in [5, 5.41) is 12.1. The third-order valence-corrected chi connectivity index (χ3v) is 5.82. The summed E-state index contributed by atoms with van der Waals surface area (Å²) in [6.07, 6.45) is 5.62. The van der Waals surface area contributed by atoms with Crippen molar-refractivity contribution in [3.05, 3.63) is 48.7 Å². The highest BCUT2D eigenvalue weighted by molar-refractivity contribution is 5.85. The first kappa shape index (κ1) is 18.2. The summed E-state index contributed by atoms with van der Waals surface area (Å²) in [6, 6.07) is 7.96. The van der Waals surface area contributed by atoms with Gasteiger partial charge in [0.05, 0.1) is 18.7 Å². The Labute approximate surface area is 154 Å². The van der Waals surface area contributed by atoms with Crippen LogP contribution >= 0.6 is 12.4 Å². The number of piperidine rings is 3. The molecule has 0 spiro atoms. The molecule has 0 aliphatic carbocycles. The molecule has 3 unspecified atom stereocenters. The van der Waals surface area contributed by atoms with Gasteiger partial charge in [-0.2, -0.15) is 0 Å². The topological polar surface area (TPSA) is 45.6 Å². The number of aliphatic hydroxyl groups excluding tert-OH is 1. The van der Waals surface area contributed by atoms with Gasteiger partial charge in [0.25, 0.3) is 0 Å². The van der Waals surface area contributed by atoms with E-state index in [0.29, 0.717) is 11.8 Å². The van der Waals surface area contributed by atoms with Crippen molar-refractivity contribution < 1.29 is 9.84 Å². The van der Waals surface area contributed by atoms with E-state index in [9.17, 15) is 5.11 Å². The Morgan fingerprint density at radius 1 is 1.40 bits per heavy atom. The lowest BCUT2D eigenvalue weighted by Gasteiger charge is -2.50. The van der Waals surface area contributed by atoms with E-state index in [0.717, 1.165) is 41.7 Å². The van der Waals surface area contributed by atoms with Gasteiger partial charge in [-0.05, 0) is 61.1 Å². The number of ether oxygens (including phenoxy) is 1. The van der Waals surface area contributed by atoms with Gasteiger partial charge < -0.3 is 9.84 Å². The quantitative estimate of drug-likeness (QED) is 0.846. The van der Waals surface area contributed by atoms with E-state index in [-0.39, 0.29) is 18.4 Å². The van der Waals surface area contributed by atoms with Crippen LogP contribution in [0.1, 0.15) is 24.5 Å². The predicted molar refractivity (Wildman–Crippen MR) is 102 cm³/mol. The summed E-state index contributed by atoms with van der Waals surface area (Å²) in [5.74, 6) is 2.01. The molecule has 4 nitrogen and oxygen atoms in total. The molecule has 5 heteroatoms. The third kappa shape index (κ3) is 3.14. The largest absolute Gasteiger partial charge is 0.497 e. The van der Waals surface area contributed by atoms with E-state index in [4.69, 9.17) is 4.74 Å². The van der Waals surface area contributed by atoms with Gasteiger partial charge in [-0.1, -0.05) is 6.08 Å². The Balaban J connectivity index is 0.00000182. The lowest BCUT2D eigenvalue weighted by atomic mass is 9.73. The summed E-state index contributed by atoms with van der Waals surface area (Å²) in [5.41, 5.74) is 1.85. The van der Waals surface area contributed by atoms with Gasteiger partial charge in [0.15, 0.2) is 0 Å². The van der Waals surface area contributed by atoms with Crippen molar-refractivity contribution in [2.24, 2.45) is 11.8 Å². The second-order valence-corrected chi connectivity index (χ2v) is 6.97. The molecule has 134 valence electrons. The van der Waals surface area contributed by atoms with Crippen LogP contribution in [0, 0.1) is 11.8 Å². The highest BCUT2D eigenvalue weighted by Gasteiger charge is 2.42. The van der Waals surface area contributed by atoms with Gasteiger partial charge in [-0.25, -0.2) is 0 Å². The zero-order chi connectivity index (χ0) is 16.7. The molecule has 1 aromatic carbocycles. The molecule has 2 bridgehead atoms. The maximum Gasteiger partial charge on any atom is 0.119 e. The second-order valence-electron chi connectivity index (χ2n) is 6.97. The molecule has 5 atom stereocenters. The Morgan fingerprint density at radius 2 is 2.24 bits per heavy atom. The van der Waals surface area contributed by atoms with Gasteiger partial charge in [-0.3, -0.25) is 9.88 Å². The standard InChI is InChI=1S/C20H24N2O2.ClH/c1-3-13-12-22-9-7-14(13)10-19(22)20(23)16-6-8-21-18-5-4-15(24-2)11-17(16)18;/h3-6,8,11,13-14,19-20,23H,1,7,9-10,12H2,2H3;1H/t13-,14?,19?,20+;/m0./s1. The van der Waals surface area contributed by atoms with E-state index >= 15 is 0 Å². The Kier molecular flexibility index (Phi) is 5.32. The van der Waals surface area contributed by atoms with E-state index in [1.54, 1.807) is 13.3 Å². The van der Waals surface area contributed by atoms with Crippen molar-refractivity contribution >= 4 is 23.3 Å². The molecule has 1 N–H and O–H groups in total. The first-order valence-corrected chi connectivity index (χ1v) is 8.68. The Bertz CT molecular complexity index is 766. The summed E-state index contributed by atoms with van der Waals surface area (Å²) in [6.45, 7) is 6.07. The van der Waals surface area contributed by atoms with Gasteiger partial charge in [0.2, 0.25) is 0 Å². The average molecular weight is 361 g/mol. The lowest BCUT2D eigenvalue weighted by Crippen LogP contribution is -2.54. The summed E-state index contributed by atoms with van der Waals surface area (Å²) < 4.78 is 5.35. The molecule has 0 amide bonds. The van der Waals surface area contributed by atoms with Crippen molar-refractivity contribution in [2.75, 3.05) is 20.2 Å². The number of nitrogens with zero attached hydrogens (tertiary/aromatic N) is 2. The van der Waals surface area contributed by atoms with Crippen LogP contribution < -0.4 is 4.74 Å². The fraction of sp³-hybridized carbons (Fsp3) is 0.450. The number of benzene rings is 1. The molecule has 3 fully saturated rings. The minimum absolute atomic E-state index is 0. The lowest BCUT2D eigenvalue weighted by molar-refractivity contribution is -0.0444. The van der Waals surface area contributed by atoms with Gasteiger partial charge in [0.1, 0.15) is 5.75 Å². The van der Waals surface area contributed by atoms with E-state index in [1.807, 2.05) is 24.3 Å². The summed E-state index contributed by atoms with van der Waals surface area (Å²) in [4.78, 5) is 6.86. The van der Waals surface area contributed by atoms with Crippen LogP contribution in [0.25, 0.3) is 10.9 Å². The number of hydrogen-bond donors (Lipinski definition) is 1. The van der Waals surface area contributed by atoms with Crippen molar-refractivity contribution in [3.63, 3.8) is 0 Å². The minimum Gasteiger partial charge on any atom is -0.497 e. The number of methoxy groups -OCH3 is 1. The van der Waals surface area contributed by atoms with Gasteiger partial charge in [-0.15, -0.1) is 19.0 Å². The molecule has 1 aromatic heterocycles. The summed E-state index contributed by atoms with van der Waals surface area (Å²) >= 11 is 0. The highest BCUT2D eigenvalue weighted by Crippen LogP contribution is 2.42. The number of rotatable bonds is 4. The first-order valence-electron chi connectivity index (χ1n) is 8.68. The number of aromatic nitrogens is 1. The Hall–Kier alpha value is -1.62. The number of aliphatic hydroxyl groups is 1. The molecular weight excluding hydrogens is 336 g/mol. The van der Waals surface area contributed by atoms with Crippen LogP contribution in [0.15, 0.2) is 43.1 Å². The molecule has 3 saturated heterocycles. The molecule has 5 rings (SSSR count). The average Bonchev–Trinajstić information content (AvgIpc) is 2.66. The van der Waals surface area contributed by atoms with Crippen molar-refractivity contribution in [1.29, 1.82) is 0 Å². The van der Waals surface area contributed by atoms with Crippen LogP contribution in [0.5, 0.6) is 5.75 Å². The SMILES string of the molecule is C=C[C@H]1CN2CCC1CC2[C@H](O)c1ccnc2ccc(OC)cc12.Cl. The van der Waals surface area contributed by atoms with Crippen molar-refractivity contribution in [1.82, 2.24) is 9.88 Å². The smallest absolute Gasteiger partial charge is 0.119 e. The summed E-state index contributed by atoms with van der Waals surface area (Å²) in [7, 11) is 1.66. The maximum absolute atomic E-state index is 11.2. The van der Waals surface area contributed by atoms with E-state index < -0.39 is 6.10 Å². The van der Waals surface area contributed by atoms with E-state index in [1.165, 1.54) is 6.42 Å². The monoisotopic (exact) mass is 360 g/mol. The number of pyridine rings is 1. The zero-order valence-electron chi connectivity index (χ0n) is 14.5. The number of hydrogen-bond acceptors (Lipinski definition) is 4. The minimum atomic E-state index is -0.504. The molecule has 2 aromatic rings. The van der Waals surface area contributed by atoms with E-state index in [2.05, 4.69) is 22.5 Å². The predicted octanol–water partition coefficient (Wildman–Crippen LogP) is 3.60. The van der Waals surface area contributed by atoms with Crippen LogP contribution in [0.4, 0.5) is 0 Å². The first-order chi connectivity index (χ1) is 11.7. The van der Waals surface area contributed by atoms with Crippen molar-refractivity contribution in [3.8, 4) is 5.75 Å². The second kappa shape index (κ2) is 7.32. The molecule has 3 aliphatic heterocycles. The van der Waals surface area contributed by atoms with Gasteiger partial charge in [0, 0.05) is 24.2 Å². The van der Waals surface area contributed by atoms with Gasteiger partial charge >= 0.3 is 0 Å². The van der Waals surface area contributed by atoms with Crippen LogP contribution in [0.3, 0.4) is 0 Å². The Morgan fingerprint density at radius 3 is 2.92 bits per heavy atom. The number of fused-ring (bicyclic) bond motifs is 4. The van der Waals surface area contributed by atoms with Crippen LogP contribution in [-0.2, 0) is 0 Å². The number of halogens is 1. The molecule has 0 saturated carbocycles. The fourth-order valence-electron chi connectivity index (χ4n) is 4.44. The molecule has 4 heterocycles. The molecule has 25 heavy (non-hydrogen) atoms. The highest BCUT2D eigenvalue weighted by atomic mass is 35.5. The molecular formula is C20H25ClN2O2. The van der Waals surface area contributed by atoms with Crippen LogP contribution in [-0.4, -0.2) is 41.2 Å². The normalized spacial score (nSPS) is 29.0. The molecule has 3 aliphatic rings. The zero-order valence-corrected chi connectivity index (χ0v) is 15.3. The fourth-order valence-corrected chi connectivity index (χ4v) is 4.44. The van der Waals surface area contributed by atoms with Crippen LogP contribution in [0.2, 0.25) is 0 Å². The molecule has 0 radical (unpaired) electrons. The maximum atomic E-state index is 11.2.